The number of nitrogens with zero attached hydrogens (tertiary/aromatic N) is 1. The molecule has 0 spiro atoms. The first-order valence-electron chi connectivity index (χ1n) is 8.75. The number of aromatic nitrogens is 1. The largest absolute Gasteiger partial charge is 0.512 e. The summed E-state index contributed by atoms with van der Waals surface area (Å²) in [4.78, 5) is 14.5. The molecule has 0 amide bonds. The molecule has 0 aliphatic heterocycles. The number of aliphatic hydroxyl groups excluding tert-OH is 1. The van der Waals surface area contributed by atoms with Gasteiger partial charge in [0.1, 0.15) is 0 Å². The zero-order valence-electron chi connectivity index (χ0n) is 16.5. The number of pyridine rings is 1. The van der Waals surface area contributed by atoms with Gasteiger partial charge in [0.25, 0.3) is 0 Å². The molecule has 0 saturated carbocycles. The van der Waals surface area contributed by atoms with Crippen molar-refractivity contribution in [2.24, 2.45) is 0 Å². The smallest absolute Gasteiger partial charge is 0.155 e. The van der Waals surface area contributed by atoms with Gasteiger partial charge >= 0.3 is 0 Å². The standard InChI is InChI=1S/C19H16N.C5H8O2.Ir/c1-14-8-9-18(12-15(14)2)19-13-17(10-11-20-19)16-6-4-3-5-7-16;1-4(6)3-5(2)7;/h3-8,10-13H,1-2H3;3,6H,1-2H3;/q-1;;. The fourth-order valence-corrected chi connectivity index (χ4v) is 2.50. The number of aryl methyl sites for hydroxylation is 2. The molecular formula is C24H24IrNO2-. The van der Waals surface area contributed by atoms with Crippen LogP contribution in [0, 0.1) is 19.9 Å². The Morgan fingerprint density at radius 1 is 1.00 bits per heavy atom. The number of carbonyl (C=O) groups is 1. The minimum absolute atomic E-state index is 0. The van der Waals surface area contributed by atoms with Crippen LogP contribution in [-0.2, 0) is 24.9 Å². The molecule has 3 nitrogen and oxygen atoms in total. The Balaban J connectivity index is 0.000000425. The Morgan fingerprint density at radius 2 is 1.68 bits per heavy atom. The number of ketones is 1. The number of benzene rings is 2. The summed E-state index contributed by atoms with van der Waals surface area (Å²) in [5, 5.41) is 8.36. The molecule has 1 radical (unpaired) electrons. The topological polar surface area (TPSA) is 50.2 Å². The Bertz CT molecular complexity index is 946. The van der Waals surface area contributed by atoms with Crippen molar-refractivity contribution in [2.45, 2.75) is 27.7 Å². The summed E-state index contributed by atoms with van der Waals surface area (Å²) in [6.45, 7) is 7.07. The minimum Gasteiger partial charge on any atom is -0.512 e. The van der Waals surface area contributed by atoms with Crippen molar-refractivity contribution in [2.75, 3.05) is 0 Å². The maximum atomic E-state index is 10.0. The Kier molecular flexibility index (Phi) is 9.50. The van der Waals surface area contributed by atoms with Crippen LogP contribution in [0.4, 0.5) is 0 Å². The van der Waals surface area contributed by atoms with Crippen LogP contribution in [0.5, 0.6) is 0 Å². The minimum atomic E-state index is -0.125. The second-order valence-electron chi connectivity index (χ2n) is 6.40. The molecule has 0 aliphatic carbocycles. The van der Waals surface area contributed by atoms with Gasteiger partial charge in [0.05, 0.1) is 5.76 Å². The van der Waals surface area contributed by atoms with Gasteiger partial charge in [-0.3, -0.25) is 4.79 Å². The monoisotopic (exact) mass is 551 g/mol. The van der Waals surface area contributed by atoms with E-state index in [2.05, 4.69) is 61.3 Å². The molecular weight excluding hydrogens is 526 g/mol. The van der Waals surface area contributed by atoms with E-state index in [-0.39, 0.29) is 31.6 Å². The summed E-state index contributed by atoms with van der Waals surface area (Å²) in [6.07, 6.45) is 3.03. The van der Waals surface area contributed by atoms with Gasteiger partial charge in [-0.05, 0) is 36.7 Å². The summed E-state index contributed by atoms with van der Waals surface area (Å²) in [7, 11) is 0. The van der Waals surface area contributed by atoms with E-state index in [4.69, 9.17) is 5.11 Å². The van der Waals surface area contributed by atoms with Gasteiger partial charge < -0.3 is 10.1 Å². The predicted molar refractivity (Wildman–Crippen MR) is 110 cm³/mol. The zero-order valence-corrected chi connectivity index (χ0v) is 18.9. The molecule has 0 unspecified atom stereocenters. The van der Waals surface area contributed by atoms with E-state index >= 15 is 0 Å². The molecule has 1 N–H and O–H groups in total. The number of hydrogen-bond donors (Lipinski definition) is 1. The normalized spacial score (nSPS) is 10.4. The average molecular weight is 551 g/mol. The fourth-order valence-electron chi connectivity index (χ4n) is 2.50. The maximum Gasteiger partial charge on any atom is 0.155 e. The number of carbonyl (C=O) groups excluding carboxylic acids is 1. The molecule has 0 atom stereocenters. The third-order valence-corrected chi connectivity index (χ3v) is 3.98. The number of aliphatic hydroxyl groups is 1. The first kappa shape index (κ1) is 23.5. The molecule has 4 heteroatoms. The molecule has 147 valence electrons. The van der Waals surface area contributed by atoms with Crippen LogP contribution in [-0.4, -0.2) is 15.9 Å². The summed E-state index contributed by atoms with van der Waals surface area (Å²) in [5.74, 6) is -0.0625. The van der Waals surface area contributed by atoms with E-state index in [9.17, 15) is 4.79 Å². The van der Waals surface area contributed by atoms with Crippen molar-refractivity contribution >= 4 is 5.78 Å². The van der Waals surface area contributed by atoms with Crippen LogP contribution in [0.15, 0.2) is 72.6 Å². The van der Waals surface area contributed by atoms with Crippen LogP contribution in [0.25, 0.3) is 22.4 Å². The third-order valence-electron chi connectivity index (χ3n) is 3.98. The van der Waals surface area contributed by atoms with Crippen molar-refractivity contribution in [3.05, 3.63) is 89.8 Å². The third kappa shape index (κ3) is 7.22. The molecule has 3 aromatic rings. The first-order chi connectivity index (χ1) is 12.9. The number of hydrogen-bond acceptors (Lipinski definition) is 3. The molecule has 3 rings (SSSR count). The zero-order chi connectivity index (χ0) is 19.8. The Hall–Kier alpha value is -2.55. The van der Waals surface area contributed by atoms with Crippen LogP contribution < -0.4 is 0 Å². The first-order valence-corrected chi connectivity index (χ1v) is 8.75. The number of allylic oxidation sites excluding steroid dienone is 2. The summed E-state index contributed by atoms with van der Waals surface area (Å²) in [6, 6.07) is 22.0. The van der Waals surface area contributed by atoms with Gasteiger partial charge in [0, 0.05) is 32.4 Å². The molecule has 28 heavy (non-hydrogen) atoms. The predicted octanol–water partition coefficient (Wildman–Crippen LogP) is 5.87. The van der Waals surface area contributed by atoms with Crippen molar-refractivity contribution < 1.29 is 30.0 Å². The Labute approximate surface area is 180 Å². The molecule has 0 bridgehead atoms. The van der Waals surface area contributed by atoms with Crippen LogP contribution in [0.2, 0.25) is 0 Å². The van der Waals surface area contributed by atoms with Gasteiger partial charge in [0.2, 0.25) is 0 Å². The Morgan fingerprint density at radius 3 is 2.21 bits per heavy atom. The van der Waals surface area contributed by atoms with E-state index in [1.807, 2.05) is 24.4 Å². The van der Waals surface area contributed by atoms with Gasteiger partial charge in [-0.15, -0.1) is 34.9 Å². The van der Waals surface area contributed by atoms with Gasteiger partial charge in [-0.1, -0.05) is 50.2 Å². The van der Waals surface area contributed by atoms with Gasteiger partial charge in [-0.2, -0.15) is 0 Å². The van der Waals surface area contributed by atoms with Crippen molar-refractivity contribution in [3.8, 4) is 22.4 Å². The average Bonchev–Trinajstić information content (AvgIpc) is 2.64. The molecule has 0 fully saturated rings. The van der Waals surface area contributed by atoms with Crippen LogP contribution in [0.1, 0.15) is 25.0 Å². The summed E-state index contributed by atoms with van der Waals surface area (Å²) < 4.78 is 0. The number of rotatable bonds is 3. The second-order valence-corrected chi connectivity index (χ2v) is 6.40. The van der Waals surface area contributed by atoms with Crippen molar-refractivity contribution in [3.63, 3.8) is 0 Å². The van der Waals surface area contributed by atoms with Crippen molar-refractivity contribution in [1.29, 1.82) is 0 Å². The van der Waals surface area contributed by atoms with E-state index in [1.54, 1.807) is 0 Å². The van der Waals surface area contributed by atoms with Crippen molar-refractivity contribution in [1.82, 2.24) is 4.98 Å². The van der Waals surface area contributed by atoms with E-state index in [1.165, 1.54) is 42.2 Å². The molecule has 0 saturated heterocycles. The molecule has 0 aliphatic rings. The molecule has 1 aromatic heterocycles. The van der Waals surface area contributed by atoms with Gasteiger partial charge in [0.15, 0.2) is 5.78 Å². The molecule has 1 heterocycles. The maximum absolute atomic E-state index is 10.0. The van der Waals surface area contributed by atoms with E-state index in [0.29, 0.717) is 0 Å². The van der Waals surface area contributed by atoms with E-state index in [0.717, 1.165) is 11.3 Å². The summed E-state index contributed by atoms with van der Waals surface area (Å²) >= 11 is 0. The summed E-state index contributed by atoms with van der Waals surface area (Å²) in [5.41, 5.74) is 6.93. The quantitative estimate of drug-likeness (QED) is 0.252. The van der Waals surface area contributed by atoms with Gasteiger partial charge in [-0.25, -0.2) is 0 Å². The fraction of sp³-hybridized carbons (Fsp3) is 0.167. The molecule has 2 aromatic carbocycles. The van der Waals surface area contributed by atoms with E-state index < -0.39 is 0 Å². The van der Waals surface area contributed by atoms with Crippen LogP contribution in [0.3, 0.4) is 0 Å². The van der Waals surface area contributed by atoms with Crippen LogP contribution >= 0.6 is 0 Å². The second kappa shape index (κ2) is 11.3. The SMILES string of the molecule is CC(=O)C=C(C)O.Cc1c[c-]c(-c2cc(-c3ccccc3)ccn2)cc1C.[Ir].